The summed E-state index contributed by atoms with van der Waals surface area (Å²) < 4.78 is 7.52. The molecular weight excluding hydrogens is 278 g/mol. The Balaban J connectivity index is 1.58. The van der Waals surface area contributed by atoms with Crippen LogP contribution in [0.1, 0.15) is 41.7 Å². The highest BCUT2D eigenvalue weighted by atomic mass is 16.5. The predicted octanol–water partition coefficient (Wildman–Crippen LogP) is 2.67. The van der Waals surface area contributed by atoms with E-state index in [0.717, 1.165) is 43.6 Å². The molecule has 1 aliphatic rings. The number of aryl methyl sites for hydroxylation is 1. The molecule has 5 nitrogen and oxygen atoms in total. The molecule has 0 N–H and O–H groups in total. The molecule has 0 aromatic carbocycles. The van der Waals surface area contributed by atoms with Gasteiger partial charge in [0.05, 0.1) is 6.10 Å². The van der Waals surface area contributed by atoms with E-state index in [1.165, 1.54) is 6.42 Å². The Morgan fingerprint density at radius 3 is 3.09 bits per heavy atom. The fourth-order valence-corrected chi connectivity index (χ4v) is 2.93. The molecule has 1 unspecified atom stereocenters. The minimum absolute atomic E-state index is 0.0197. The number of carbonyl (C=O) groups is 1. The standard InChI is InChI=1S/C17H23N3O2/c1-13-7-8-16-18-15(12-20(16)11-13)17(21)19(2)9-3-5-14-6-4-10-22-14/h7-8,11-12,14H,3-6,9-10H2,1-2H3. The van der Waals surface area contributed by atoms with Crippen molar-refractivity contribution in [1.29, 1.82) is 0 Å². The molecule has 1 aliphatic heterocycles. The quantitative estimate of drug-likeness (QED) is 0.853. The number of pyridine rings is 1. The summed E-state index contributed by atoms with van der Waals surface area (Å²) in [6.07, 6.45) is 8.50. The number of nitrogens with zero attached hydrogens (tertiary/aromatic N) is 3. The highest BCUT2D eigenvalue weighted by Gasteiger charge is 2.18. The molecule has 118 valence electrons. The van der Waals surface area contributed by atoms with Gasteiger partial charge in [-0.3, -0.25) is 4.79 Å². The zero-order chi connectivity index (χ0) is 15.5. The van der Waals surface area contributed by atoms with Gasteiger partial charge in [-0.05, 0) is 44.2 Å². The summed E-state index contributed by atoms with van der Waals surface area (Å²) in [6, 6.07) is 3.94. The Morgan fingerprint density at radius 2 is 2.32 bits per heavy atom. The third kappa shape index (κ3) is 3.30. The highest BCUT2D eigenvalue weighted by Crippen LogP contribution is 2.17. The van der Waals surface area contributed by atoms with Crippen LogP contribution in [-0.4, -0.2) is 46.5 Å². The fourth-order valence-electron chi connectivity index (χ4n) is 2.93. The summed E-state index contributed by atoms with van der Waals surface area (Å²) in [5, 5.41) is 0. The molecule has 0 aliphatic carbocycles. The topological polar surface area (TPSA) is 46.8 Å². The van der Waals surface area contributed by atoms with Crippen LogP contribution in [0.15, 0.2) is 24.5 Å². The lowest BCUT2D eigenvalue weighted by Crippen LogP contribution is -2.28. The van der Waals surface area contributed by atoms with Gasteiger partial charge in [-0.15, -0.1) is 0 Å². The summed E-state index contributed by atoms with van der Waals surface area (Å²) >= 11 is 0. The number of fused-ring (bicyclic) bond motifs is 1. The molecule has 0 spiro atoms. The first-order chi connectivity index (χ1) is 10.6. The number of ether oxygens (including phenoxy) is 1. The minimum Gasteiger partial charge on any atom is -0.378 e. The maximum atomic E-state index is 12.4. The molecule has 1 atom stereocenters. The van der Waals surface area contributed by atoms with Crippen LogP contribution in [0.25, 0.3) is 5.65 Å². The van der Waals surface area contributed by atoms with E-state index in [1.807, 2.05) is 36.7 Å². The van der Waals surface area contributed by atoms with Crippen molar-refractivity contribution >= 4 is 11.6 Å². The predicted molar refractivity (Wildman–Crippen MR) is 85.1 cm³/mol. The lowest BCUT2D eigenvalue weighted by molar-refractivity contribution is 0.0758. The smallest absolute Gasteiger partial charge is 0.273 e. The molecule has 5 heteroatoms. The number of hydrogen-bond acceptors (Lipinski definition) is 3. The van der Waals surface area contributed by atoms with E-state index in [4.69, 9.17) is 4.74 Å². The molecule has 2 aromatic heterocycles. The van der Waals surface area contributed by atoms with Crippen LogP contribution < -0.4 is 0 Å². The Labute approximate surface area is 130 Å². The van der Waals surface area contributed by atoms with Crippen LogP contribution in [0.5, 0.6) is 0 Å². The van der Waals surface area contributed by atoms with Gasteiger partial charge in [-0.1, -0.05) is 6.07 Å². The van der Waals surface area contributed by atoms with Gasteiger partial charge in [0.1, 0.15) is 11.3 Å². The van der Waals surface area contributed by atoms with Crippen LogP contribution in [0.2, 0.25) is 0 Å². The Hall–Kier alpha value is -1.88. The molecule has 1 fully saturated rings. The molecule has 0 bridgehead atoms. The zero-order valence-electron chi connectivity index (χ0n) is 13.3. The summed E-state index contributed by atoms with van der Waals surface area (Å²) in [7, 11) is 1.84. The Morgan fingerprint density at radius 1 is 1.45 bits per heavy atom. The number of rotatable bonds is 5. The first-order valence-electron chi connectivity index (χ1n) is 7.96. The van der Waals surface area contributed by atoms with Gasteiger partial charge in [0, 0.05) is 32.6 Å². The van der Waals surface area contributed by atoms with Crippen LogP contribution >= 0.6 is 0 Å². The van der Waals surface area contributed by atoms with Gasteiger partial charge in [0.15, 0.2) is 0 Å². The van der Waals surface area contributed by atoms with Crippen molar-refractivity contribution in [2.75, 3.05) is 20.2 Å². The molecule has 3 rings (SSSR count). The summed E-state index contributed by atoms with van der Waals surface area (Å²) in [6.45, 7) is 3.66. The van der Waals surface area contributed by atoms with Crippen molar-refractivity contribution in [2.45, 2.75) is 38.7 Å². The highest BCUT2D eigenvalue weighted by molar-refractivity contribution is 5.92. The molecule has 22 heavy (non-hydrogen) atoms. The van der Waals surface area contributed by atoms with Crippen LogP contribution in [0.3, 0.4) is 0 Å². The zero-order valence-corrected chi connectivity index (χ0v) is 13.3. The fraction of sp³-hybridized carbons (Fsp3) is 0.529. The lowest BCUT2D eigenvalue weighted by atomic mass is 10.1. The number of aromatic nitrogens is 2. The van der Waals surface area contributed by atoms with Crippen molar-refractivity contribution in [3.63, 3.8) is 0 Å². The maximum absolute atomic E-state index is 12.4. The van der Waals surface area contributed by atoms with E-state index in [-0.39, 0.29) is 5.91 Å². The molecule has 0 radical (unpaired) electrons. The molecular formula is C17H23N3O2. The summed E-state index contributed by atoms with van der Waals surface area (Å²) in [5.41, 5.74) is 2.46. The maximum Gasteiger partial charge on any atom is 0.273 e. The second-order valence-electron chi connectivity index (χ2n) is 6.10. The molecule has 1 amide bonds. The second kappa shape index (κ2) is 6.48. The SMILES string of the molecule is Cc1ccc2nc(C(=O)N(C)CCCC3CCCO3)cn2c1. The van der Waals surface area contributed by atoms with E-state index < -0.39 is 0 Å². The first-order valence-corrected chi connectivity index (χ1v) is 7.96. The second-order valence-corrected chi connectivity index (χ2v) is 6.10. The molecule has 2 aromatic rings. The van der Waals surface area contributed by atoms with Gasteiger partial charge in [-0.2, -0.15) is 0 Å². The average Bonchev–Trinajstić information content (AvgIpc) is 3.14. The van der Waals surface area contributed by atoms with Crippen LogP contribution in [0.4, 0.5) is 0 Å². The van der Waals surface area contributed by atoms with E-state index in [0.29, 0.717) is 11.8 Å². The number of amides is 1. The van der Waals surface area contributed by atoms with Gasteiger partial charge in [0.25, 0.3) is 5.91 Å². The lowest BCUT2D eigenvalue weighted by Gasteiger charge is -2.17. The van der Waals surface area contributed by atoms with Crippen LogP contribution in [-0.2, 0) is 4.74 Å². The number of hydrogen-bond donors (Lipinski definition) is 0. The van der Waals surface area contributed by atoms with Crippen molar-refractivity contribution < 1.29 is 9.53 Å². The third-order valence-electron chi connectivity index (χ3n) is 4.21. The van der Waals surface area contributed by atoms with Gasteiger partial charge in [-0.25, -0.2) is 4.98 Å². The van der Waals surface area contributed by atoms with Crippen molar-refractivity contribution in [2.24, 2.45) is 0 Å². The van der Waals surface area contributed by atoms with E-state index in [2.05, 4.69) is 4.98 Å². The summed E-state index contributed by atoms with van der Waals surface area (Å²) in [5.74, 6) is -0.0197. The van der Waals surface area contributed by atoms with Crippen molar-refractivity contribution in [1.82, 2.24) is 14.3 Å². The van der Waals surface area contributed by atoms with Gasteiger partial charge < -0.3 is 14.0 Å². The van der Waals surface area contributed by atoms with Crippen molar-refractivity contribution in [3.8, 4) is 0 Å². The van der Waals surface area contributed by atoms with Crippen LogP contribution in [0, 0.1) is 6.92 Å². The molecule has 3 heterocycles. The van der Waals surface area contributed by atoms with E-state index in [1.54, 1.807) is 11.1 Å². The molecule has 1 saturated heterocycles. The van der Waals surface area contributed by atoms with E-state index in [9.17, 15) is 4.79 Å². The minimum atomic E-state index is -0.0197. The normalized spacial score (nSPS) is 18.0. The van der Waals surface area contributed by atoms with Gasteiger partial charge >= 0.3 is 0 Å². The first kappa shape index (κ1) is 15.0. The van der Waals surface area contributed by atoms with Crippen molar-refractivity contribution in [3.05, 3.63) is 35.8 Å². The largest absolute Gasteiger partial charge is 0.378 e. The van der Waals surface area contributed by atoms with E-state index >= 15 is 0 Å². The Bertz CT molecular complexity index is 659. The number of imidazole rings is 1. The average molecular weight is 301 g/mol. The number of carbonyl (C=O) groups excluding carboxylic acids is 1. The Kier molecular flexibility index (Phi) is 4.43. The third-order valence-corrected chi connectivity index (χ3v) is 4.21. The molecule has 0 saturated carbocycles. The monoisotopic (exact) mass is 301 g/mol. The summed E-state index contributed by atoms with van der Waals surface area (Å²) in [4.78, 5) is 18.6. The van der Waals surface area contributed by atoms with Gasteiger partial charge in [0.2, 0.25) is 0 Å².